The molecule has 7 heteroatoms. The summed E-state index contributed by atoms with van der Waals surface area (Å²) in [6.45, 7) is 4.80. The molecule has 2 aromatic rings. The van der Waals surface area contributed by atoms with Crippen molar-refractivity contribution in [1.82, 2.24) is 9.88 Å². The van der Waals surface area contributed by atoms with E-state index >= 15 is 0 Å². The summed E-state index contributed by atoms with van der Waals surface area (Å²) in [5.74, 6) is 0.267. The zero-order valence-corrected chi connectivity index (χ0v) is 15.6. The molecule has 1 N–H and O–H groups in total. The molecular weight excluding hydrogens is 349 g/mol. The number of benzene rings is 1. The van der Waals surface area contributed by atoms with Crippen LogP contribution in [0.4, 0.5) is 10.1 Å². The number of oxazole rings is 1. The molecule has 0 bridgehead atoms. The summed E-state index contributed by atoms with van der Waals surface area (Å²) in [6, 6.07) is 4.30. The van der Waals surface area contributed by atoms with Gasteiger partial charge < -0.3 is 14.6 Å². The van der Waals surface area contributed by atoms with Crippen molar-refractivity contribution in [1.29, 1.82) is 0 Å². The first-order valence-corrected chi connectivity index (χ1v) is 9.19. The molecule has 27 heavy (non-hydrogen) atoms. The lowest BCUT2D eigenvalue weighted by atomic mass is 9.93. The van der Waals surface area contributed by atoms with E-state index in [4.69, 9.17) is 4.42 Å². The van der Waals surface area contributed by atoms with Gasteiger partial charge in [-0.3, -0.25) is 9.59 Å². The van der Waals surface area contributed by atoms with E-state index in [2.05, 4.69) is 10.3 Å². The lowest BCUT2D eigenvalue weighted by Crippen LogP contribution is -2.40. The number of aryl methyl sites for hydroxylation is 2. The van der Waals surface area contributed by atoms with Crippen LogP contribution in [0.2, 0.25) is 0 Å². The van der Waals surface area contributed by atoms with E-state index in [1.807, 2.05) is 0 Å². The fraction of sp³-hybridized carbons (Fsp3) is 0.450. The molecule has 3 rings (SSSR count). The van der Waals surface area contributed by atoms with Crippen LogP contribution in [0.25, 0.3) is 0 Å². The second-order valence-electron chi connectivity index (χ2n) is 7.06. The summed E-state index contributed by atoms with van der Waals surface area (Å²) >= 11 is 0. The number of anilines is 1. The Morgan fingerprint density at radius 2 is 2.19 bits per heavy atom. The van der Waals surface area contributed by atoms with Crippen molar-refractivity contribution in [3.05, 3.63) is 47.4 Å². The van der Waals surface area contributed by atoms with Gasteiger partial charge >= 0.3 is 0 Å². The molecule has 6 nitrogen and oxygen atoms in total. The number of carbonyl (C=O) groups excluding carboxylic acids is 2. The Labute approximate surface area is 157 Å². The largest absolute Gasteiger partial charge is 0.448 e. The van der Waals surface area contributed by atoms with Crippen LogP contribution in [0.15, 0.2) is 29.0 Å². The minimum absolute atomic E-state index is 0.0968. The van der Waals surface area contributed by atoms with Gasteiger partial charge in [-0.2, -0.15) is 0 Å². The first kappa shape index (κ1) is 19.1. The predicted molar refractivity (Wildman–Crippen MR) is 98.9 cm³/mol. The molecule has 1 fully saturated rings. The number of piperidine rings is 1. The quantitative estimate of drug-likeness (QED) is 0.867. The maximum absolute atomic E-state index is 13.1. The number of hydrogen-bond donors (Lipinski definition) is 1. The minimum atomic E-state index is -0.320. The average molecular weight is 373 g/mol. The van der Waals surface area contributed by atoms with Gasteiger partial charge in [-0.05, 0) is 62.8 Å². The van der Waals surface area contributed by atoms with Gasteiger partial charge in [-0.1, -0.05) is 0 Å². The van der Waals surface area contributed by atoms with Crippen LogP contribution >= 0.6 is 0 Å². The van der Waals surface area contributed by atoms with Crippen LogP contribution in [0, 0.1) is 25.6 Å². The van der Waals surface area contributed by atoms with E-state index in [1.54, 1.807) is 24.8 Å². The van der Waals surface area contributed by atoms with Crippen molar-refractivity contribution in [3.8, 4) is 0 Å². The molecule has 0 spiro atoms. The number of likely N-dealkylation sites (tertiary alicyclic amines) is 1. The normalized spacial score (nSPS) is 17.0. The Hall–Kier alpha value is -2.70. The summed E-state index contributed by atoms with van der Waals surface area (Å²) in [4.78, 5) is 30.6. The van der Waals surface area contributed by atoms with Crippen LogP contribution in [-0.4, -0.2) is 34.8 Å². The first-order chi connectivity index (χ1) is 12.9. The number of nitrogens with zero attached hydrogens (tertiary/aromatic N) is 2. The zero-order valence-electron chi connectivity index (χ0n) is 15.6. The lowest BCUT2D eigenvalue weighted by Gasteiger charge is -2.32. The summed E-state index contributed by atoms with van der Waals surface area (Å²) in [5, 5.41) is 2.83. The molecule has 0 radical (unpaired) electrons. The van der Waals surface area contributed by atoms with Gasteiger partial charge in [0, 0.05) is 25.2 Å². The number of amides is 2. The molecule has 1 aromatic carbocycles. The third-order valence-corrected chi connectivity index (χ3v) is 5.00. The van der Waals surface area contributed by atoms with E-state index in [1.165, 1.54) is 18.5 Å². The predicted octanol–water partition coefficient (Wildman–Crippen LogP) is 3.70. The Bertz CT molecular complexity index is 834. The van der Waals surface area contributed by atoms with Gasteiger partial charge in [-0.25, -0.2) is 9.37 Å². The van der Waals surface area contributed by atoms with Crippen molar-refractivity contribution in [2.24, 2.45) is 5.92 Å². The second kappa shape index (κ2) is 8.33. The van der Waals surface area contributed by atoms with Crippen molar-refractivity contribution >= 4 is 17.5 Å². The standard InChI is InChI=1S/C20H24FN3O3/c1-13-10-16(21)6-7-17(13)23-18(25)8-5-15-4-3-9-24(11-15)20(26)19-14(2)27-12-22-19/h6-7,10,12,15H,3-5,8-9,11H2,1-2H3,(H,23,25). The van der Waals surface area contributed by atoms with Crippen LogP contribution in [0.3, 0.4) is 0 Å². The van der Waals surface area contributed by atoms with Crippen molar-refractivity contribution < 1.29 is 18.4 Å². The van der Waals surface area contributed by atoms with E-state index in [0.29, 0.717) is 48.6 Å². The molecule has 1 aromatic heterocycles. The molecular formula is C20H24FN3O3. The van der Waals surface area contributed by atoms with E-state index in [9.17, 15) is 14.0 Å². The van der Waals surface area contributed by atoms with Gasteiger partial charge in [0.2, 0.25) is 5.91 Å². The maximum atomic E-state index is 13.1. The SMILES string of the molecule is Cc1cc(F)ccc1NC(=O)CCC1CCCN(C(=O)c2ncoc2C)C1. The van der Waals surface area contributed by atoms with Crippen LogP contribution in [-0.2, 0) is 4.79 Å². The Kier molecular flexibility index (Phi) is 5.88. The molecule has 2 heterocycles. The van der Waals surface area contributed by atoms with Crippen LogP contribution in [0.5, 0.6) is 0 Å². The molecule has 0 aliphatic carbocycles. The summed E-state index contributed by atoms with van der Waals surface area (Å²) in [7, 11) is 0. The zero-order chi connectivity index (χ0) is 19.4. The van der Waals surface area contributed by atoms with Gasteiger partial charge in [0.05, 0.1) is 0 Å². The Balaban J connectivity index is 1.51. The number of halogens is 1. The molecule has 0 saturated carbocycles. The molecule has 1 saturated heterocycles. The highest BCUT2D eigenvalue weighted by Crippen LogP contribution is 2.23. The maximum Gasteiger partial charge on any atom is 0.276 e. The first-order valence-electron chi connectivity index (χ1n) is 9.19. The number of carbonyl (C=O) groups is 2. The third-order valence-electron chi connectivity index (χ3n) is 5.00. The number of aromatic nitrogens is 1. The highest BCUT2D eigenvalue weighted by Gasteiger charge is 2.27. The highest BCUT2D eigenvalue weighted by atomic mass is 19.1. The topological polar surface area (TPSA) is 75.4 Å². The number of hydrogen-bond acceptors (Lipinski definition) is 4. The Morgan fingerprint density at radius 3 is 2.89 bits per heavy atom. The molecule has 1 atom stereocenters. The fourth-order valence-electron chi connectivity index (χ4n) is 3.46. The summed E-state index contributed by atoms with van der Waals surface area (Å²) < 4.78 is 18.3. The van der Waals surface area contributed by atoms with E-state index in [-0.39, 0.29) is 23.5 Å². The second-order valence-corrected chi connectivity index (χ2v) is 7.06. The van der Waals surface area contributed by atoms with Crippen molar-refractivity contribution in [3.63, 3.8) is 0 Å². The van der Waals surface area contributed by atoms with Gasteiger partial charge in [0.1, 0.15) is 11.6 Å². The van der Waals surface area contributed by atoms with Gasteiger partial charge in [-0.15, -0.1) is 0 Å². The minimum Gasteiger partial charge on any atom is -0.448 e. The van der Waals surface area contributed by atoms with Crippen LogP contribution in [0.1, 0.15) is 47.5 Å². The van der Waals surface area contributed by atoms with Gasteiger partial charge in [0.25, 0.3) is 5.91 Å². The molecule has 2 amide bonds. The van der Waals surface area contributed by atoms with Gasteiger partial charge in [0.15, 0.2) is 12.1 Å². The van der Waals surface area contributed by atoms with Crippen molar-refractivity contribution in [2.45, 2.75) is 39.5 Å². The van der Waals surface area contributed by atoms with Crippen LogP contribution < -0.4 is 5.32 Å². The number of nitrogens with one attached hydrogen (secondary N) is 1. The Morgan fingerprint density at radius 1 is 1.37 bits per heavy atom. The fourth-order valence-corrected chi connectivity index (χ4v) is 3.46. The molecule has 144 valence electrons. The lowest BCUT2D eigenvalue weighted by molar-refractivity contribution is -0.116. The van der Waals surface area contributed by atoms with Crippen molar-refractivity contribution in [2.75, 3.05) is 18.4 Å². The average Bonchev–Trinajstić information content (AvgIpc) is 3.08. The molecule has 1 unspecified atom stereocenters. The monoisotopic (exact) mass is 373 g/mol. The van der Waals surface area contributed by atoms with E-state index < -0.39 is 0 Å². The highest BCUT2D eigenvalue weighted by molar-refractivity contribution is 5.93. The summed E-state index contributed by atoms with van der Waals surface area (Å²) in [5.41, 5.74) is 1.68. The summed E-state index contributed by atoms with van der Waals surface area (Å²) in [6.07, 6.45) is 4.25. The molecule has 1 aliphatic rings. The van der Waals surface area contributed by atoms with E-state index in [0.717, 1.165) is 12.8 Å². The number of rotatable bonds is 5. The third kappa shape index (κ3) is 4.72. The molecule has 1 aliphatic heterocycles. The smallest absolute Gasteiger partial charge is 0.276 e.